The van der Waals surface area contributed by atoms with E-state index in [0.717, 1.165) is 61.2 Å². The maximum atomic E-state index is 11.5. The van der Waals surface area contributed by atoms with Crippen molar-refractivity contribution in [1.29, 1.82) is 0 Å². The van der Waals surface area contributed by atoms with Gasteiger partial charge in [-0.15, -0.1) is 0 Å². The van der Waals surface area contributed by atoms with Gasteiger partial charge in [0.25, 0.3) is 0 Å². The molecule has 0 spiro atoms. The van der Waals surface area contributed by atoms with E-state index in [1.54, 1.807) is 18.2 Å². The second-order valence-corrected chi connectivity index (χ2v) is 20.2. The van der Waals surface area contributed by atoms with Gasteiger partial charge in [-0.3, -0.25) is 10.2 Å². The lowest BCUT2D eigenvalue weighted by Gasteiger charge is -2.26. The molecule has 3 aromatic rings. The average Bonchev–Trinajstić information content (AvgIpc) is 3.19. The monoisotopic (exact) mass is 858 g/mol. The highest BCUT2D eigenvalue weighted by Crippen LogP contribution is 2.43. The van der Waals surface area contributed by atoms with E-state index >= 15 is 0 Å². The molecule has 0 aromatic heterocycles. The van der Waals surface area contributed by atoms with E-state index < -0.39 is 0 Å². The fourth-order valence-electron chi connectivity index (χ4n) is 8.63. The van der Waals surface area contributed by atoms with Crippen LogP contribution in [0, 0.1) is 0 Å². The van der Waals surface area contributed by atoms with Crippen LogP contribution >= 0.6 is 0 Å². The Bertz CT molecular complexity index is 3150. The van der Waals surface area contributed by atoms with Gasteiger partial charge in [-0.2, -0.15) is 0 Å². The fraction of sp³-hybridized carbons (Fsp3) is 0.291. The maximum Gasteiger partial charge on any atom is 0.203 e. The zero-order valence-corrected chi connectivity index (χ0v) is 39.5. The molecular weight excluding hydrogens is 797 g/mol. The third-order valence-corrected chi connectivity index (χ3v) is 11.4. The topological polar surface area (TPSA) is 135 Å². The first-order valence-electron chi connectivity index (χ1n) is 21.6. The zero-order valence-electron chi connectivity index (χ0n) is 39.5. The highest BCUT2D eigenvalue weighted by molar-refractivity contribution is 5.93. The molecule has 3 heterocycles. The van der Waals surface area contributed by atoms with Gasteiger partial charge in [-0.25, -0.2) is 4.58 Å². The molecule has 0 saturated carbocycles. The first-order valence-corrected chi connectivity index (χ1v) is 21.6. The second-order valence-electron chi connectivity index (χ2n) is 20.2. The van der Waals surface area contributed by atoms with Crippen molar-refractivity contribution in [2.45, 2.75) is 78.6 Å². The molecule has 0 bridgehead atoms. The Balaban J connectivity index is 0.000000144. The summed E-state index contributed by atoms with van der Waals surface area (Å²) in [6.45, 7) is 19.8. The summed E-state index contributed by atoms with van der Waals surface area (Å²) in [4.78, 5) is 13.6. The third kappa shape index (κ3) is 9.11. The van der Waals surface area contributed by atoms with Crippen LogP contribution in [0.2, 0.25) is 0 Å². The van der Waals surface area contributed by atoms with Crippen LogP contribution in [0.1, 0.15) is 79.0 Å². The van der Waals surface area contributed by atoms with Crippen molar-refractivity contribution in [3.8, 4) is 39.7 Å². The lowest BCUT2D eigenvalue weighted by molar-refractivity contribution is -0.172. The van der Waals surface area contributed by atoms with E-state index in [9.17, 15) is 9.90 Å². The van der Waals surface area contributed by atoms with E-state index in [2.05, 4.69) is 136 Å². The number of aromatic hydroxyl groups is 1. The molecule has 0 unspecified atom stereocenters. The minimum Gasteiger partial charge on any atom is -0.508 e. The second kappa shape index (κ2) is 16.7. The Kier molecular flexibility index (Phi) is 11.8. The van der Waals surface area contributed by atoms with Crippen LogP contribution in [-0.2, 0) is 16.2 Å². The number of rotatable bonds is 1. The predicted molar refractivity (Wildman–Crippen MR) is 263 cm³/mol. The van der Waals surface area contributed by atoms with Gasteiger partial charge in [0.05, 0.1) is 12.1 Å². The highest BCUT2D eigenvalue weighted by Gasteiger charge is 2.28. The van der Waals surface area contributed by atoms with E-state index in [4.69, 9.17) is 24.4 Å². The van der Waals surface area contributed by atoms with Gasteiger partial charge in [0, 0.05) is 94.7 Å². The fourth-order valence-corrected chi connectivity index (χ4v) is 8.63. The molecule has 9 heteroatoms. The maximum absolute atomic E-state index is 11.5. The lowest BCUT2D eigenvalue weighted by Crippen LogP contribution is -2.44. The quantitative estimate of drug-likeness (QED) is 0.0850. The van der Waals surface area contributed by atoms with E-state index in [0.29, 0.717) is 22.4 Å². The van der Waals surface area contributed by atoms with Crippen LogP contribution in [0.4, 0.5) is 11.4 Å². The molecule has 0 atom stereocenters. The van der Waals surface area contributed by atoms with Gasteiger partial charge >= 0.3 is 0 Å². The minimum atomic E-state index is -0.103. The summed E-state index contributed by atoms with van der Waals surface area (Å²) in [6, 6.07) is 34.5. The van der Waals surface area contributed by atoms with Gasteiger partial charge < -0.3 is 29.0 Å². The molecule has 6 aliphatic rings. The summed E-state index contributed by atoms with van der Waals surface area (Å²) in [5.41, 5.74) is 16.8. The molecule has 3 aliphatic carbocycles. The molecule has 0 radical (unpaired) electrons. The number of hydrogen-bond donors (Lipinski definition) is 3. The highest BCUT2D eigenvalue weighted by atomic mass is 16.3. The van der Waals surface area contributed by atoms with Gasteiger partial charge in [0.1, 0.15) is 53.9 Å². The summed E-state index contributed by atoms with van der Waals surface area (Å²) in [5.74, 6) is 2.45. The van der Waals surface area contributed by atoms with Crippen molar-refractivity contribution in [2.75, 3.05) is 38.8 Å². The summed E-state index contributed by atoms with van der Waals surface area (Å²) >= 11 is 0. The van der Waals surface area contributed by atoms with Crippen molar-refractivity contribution in [2.24, 2.45) is 0 Å². The van der Waals surface area contributed by atoms with Crippen LogP contribution in [0.25, 0.3) is 66.9 Å². The number of hydrogen-bond acceptors (Lipinski definition) is 7. The summed E-state index contributed by atoms with van der Waals surface area (Å²) < 4.78 is 20.2. The summed E-state index contributed by atoms with van der Waals surface area (Å²) in [7, 11) is 8.21. The SMILES string of the molecule is CC(C)(C)c1c2ccc(=O)cc-2oc2cc(O)ccc12.CC(C)(C)c1c2ccc(=[NH2+])cc-2oc2cc(N)ccc12.CN(C)c1ccc2c(C(C)(C)C)c3ccc(=[N+](C)C)cc-3oc2c1. The van der Waals surface area contributed by atoms with Gasteiger partial charge in [0.15, 0.2) is 10.8 Å². The molecule has 3 aromatic carbocycles. The number of phenols is 1. The van der Waals surface area contributed by atoms with Crippen molar-refractivity contribution >= 4 is 44.3 Å². The van der Waals surface area contributed by atoms with Crippen LogP contribution in [0.3, 0.4) is 0 Å². The first-order chi connectivity index (χ1) is 29.9. The minimum absolute atomic E-state index is 0.000486. The molecule has 64 heavy (non-hydrogen) atoms. The number of phenolic OH excluding ortho intramolecular Hbond substituents is 1. The first kappa shape index (κ1) is 45.2. The molecule has 330 valence electrons. The molecule has 0 amide bonds. The molecular formula is C55H62N4O5+2. The van der Waals surface area contributed by atoms with Crippen molar-refractivity contribution in [3.05, 3.63) is 147 Å². The molecule has 9 rings (SSSR count). The van der Waals surface area contributed by atoms with Gasteiger partial charge in [-0.05, 0) is 93.6 Å². The predicted octanol–water partition coefficient (Wildman–Crippen LogP) is 9.91. The summed E-state index contributed by atoms with van der Waals surface area (Å²) in [5, 5.41) is 20.6. The third-order valence-electron chi connectivity index (χ3n) is 11.4. The molecule has 3 aliphatic heterocycles. The Labute approximate surface area is 375 Å². The van der Waals surface area contributed by atoms with Gasteiger partial charge in [-0.1, -0.05) is 62.3 Å². The number of fused-ring (bicyclic) bond motifs is 6. The average molecular weight is 859 g/mol. The number of anilines is 2. The number of nitrogens with two attached hydrogens (primary N) is 2. The lowest BCUT2D eigenvalue weighted by atomic mass is 9.80. The molecule has 0 fully saturated rings. The molecule has 0 saturated heterocycles. The molecule has 9 nitrogen and oxygen atoms in total. The normalized spacial score (nSPS) is 12.1. The smallest absolute Gasteiger partial charge is 0.203 e. The zero-order chi connectivity index (χ0) is 46.6. The van der Waals surface area contributed by atoms with E-state index in [1.165, 1.54) is 28.1 Å². The summed E-state index contributed by atoms with van der Waals surface area (Å²) in [6.07, 6.45) is 0. The van der Waals surface area contributed by atoms with E-state index in [-0.39, 0.29) is 27.4 Å². The molecule has 5 N–H and O–H groups in total. The Morgan fingerprint density at radius 3 is 1.53 bits per heavy atom. The number of nitrogen functional groups attached to an aromatic ring is 1. The van der Waals surface area contributed by atoms with Crippen LogP contribution < -0.4 is 36.8 Å². The standard InChI is InChI=1S/C21H27N2O.C17H18N2O.C17H16O3/c1-21(2,3)20-16-10-8-14(22(4)5)12-18(16)24-19-13-15(23(6)7)9-11-17(19)20;2*1-17(2,3)16-12-6-4-10(18)8-14(12)20-15-9-11(19)5-7-13(15)16/h8-13H,1-7H3;4-9,18H,19H2,1-3H3;4-9,18H,1-3H3/q+1;;/p+1. The van der Waals surface area contributed by atoms with Crippen LogP contribution in [0.15, 0.2) is 127 Å². The number of nitrogens with zero attached hydrogens (tertiary/aromatic N) is 2. The van der Waals surface area contributed by atoms with Crippen molar-refractivity contribution < 1.29 is 23.8 Å². The van der Waals surface area contributed by atoms with Gasteiger partial charge in [0.2, 0.25) is 5.36 Å². The Hall–Kier alpha value is -6.87. The van der Waals surface area contributed by atoms with Crippen LogP contribution in [-0.4, -0.2) is 33.3 Å². The number of benzene rings is 6. The van der Waals surface area contributed by atoms with Crippen molar-refractivity contribution in [3.63, 3.8) is 0 Å². The van der Waals surface area contributed by atoms with Crippen LogP contribution in [0.5, 0.6) is 5.75 Å². The van der Waals surface area contributed by atoms with E-state index in [1.807, 2.05) is 48.5 Å². The Morgan fingerprint density at radius 1 is 0.547 bits per heavy atom. The largest absolute Gasteiger partial charge is 0.508 e. The Morgan fingerprint density at radius 2 is 1.00 bits per heavy atom. The van der Waals surface area contributed by atoms with Crippen molar-refractivity contribution in [1.82, 2.24) is 4.58 Å².